The normalized spacial score (nSPS) is 14.0. The van der Waals surface area contributed by atoms with Gasteiger partial charge in [0.05, 0.1) is 22.7 Å². The molecule has 3 aromatic rings. The molecule has 1 aromatic heterocycles. The number of hydrogen-bond donors (Lipinski definition) is 1. The van der Waals surface area contributed by atoms with E-state index in [1.54, 1.807) is 24.3 Å². The molecule has 1 fully saturated rings. The van der Waals surface area contributed by atoms with Gasteiger partial charge in [-0.15, -0.1) is 10.2 Å². The zero-order valence-corrected chi connectivity index (χ0v) is 17.7. The molecule has 4 rings (SSSR count). The van der Waals surface area contributed by atoms with Crippen molar-refractivity contribution < 1.29 is 13.6 Å². The Morgan fingerprint density at radius 3 is 2.77 bits per heavy atom. The predicted octanol–water partition coefficient (Wildman–Crippen LogP) is 5.25. The van der Waals surface area contributed by atoms with Gasteiger partial charge < -0.3 is 14.6 Å². The predicted molar refractivity (Wildman–Crippen MR) is 117 cm³/mol. The summed E-state index contributed by atoms with van der Waals surface area (Å²) < 4.78 is 19.3. The Morgan fingerprint density at radius 2 is 1.97 bits per heavy atom. The van der Waals surface area contributed by atoms with Crippen molar-refractivity contribution in [1.82, 2.24) is 10.2 Å². The molecule has 156 valence electrons. The van der Waals surface area contributed by atoms with Gasteiger partial charge >= 0.3 is 0 Å². The zero-order valence-electron chi connectivity index (χ0n) is 16.1. The van der Waals surface area contributed by atoms with Crippen molar-refractivity contribution >= 4 is 40.6 Å². The fraction of sp³-hybridized carbons (Fsp3) is 0.286. The summed E-state index contributed by atoms with van der Waals surface area (Å²) in [6, 6.07) is 11.7. The number of benzene rings is 2. The van der Waals surface area contributed by atoms with Gasteiger partial charge in [-0.3, -0.25) is 4.79 Å². The van der Waals surface area contributed by atoms with E-state index in [9.17, 15) is 9.18 Å². The van der Waals surface area contributed by atoms with Gasteiger partial charge in [0.15, 0.2) is 0 Å². The number of halogens is 2. The summed E-state index contributed by atoms with van der Waals surface area (Å²) in [6.07, 6.45) is 3.49. The van der Waals surface area contributed by atoms with E-state index in [4.69, 9.17) is 16.0 Å². The fourth-order valence-electron chi connectivity index (χ4n) is 3.34. The maximum Gasteiger partial charge on any atom is 0.277 e. The number of nitrogens with zero attached hydrogens (tertiary/aromatic N) is 3. The number of aromatic nitrogens is 2. The average Bonchev–Trinajstić information content (AvgIpc) is 3.22. The largest absolute Gasteiger partial charge is 0.411 e. The van der Waals surface area contributed by atoms with Crippen molar-refractivity contribution in [1.29, 1.82) is 0 Å². The minimum absolute atomic E-state index is 0.0743. The Morgan fingerprint density at radius 1 is 1.17 bits per heavy atom. The van der Waals surface area contributed by atoms with Crippen LogP contribution in [0.5, 0.6) is 0 Å². The molecule has 0 atom stereocenters. The monoisotopic (exact) mass is 446 g/mol. The molecule has 9 heteroatoms. The first-order valence-corrected chi connectivity index (χ1v) is 11.0. The van der Waals surface area contributed by atoms with Crippen LogP contribution >= 0.6 is 23.4 Å². The molecule has 2 aromatic carbocycles. The lowest BCUT2D eigenvalue weighted by Gasteiger charge is -2.30. The van der Waals surface area contributed by atoms with Crippen LogP contribution in [0.15, 0.2) is 52.1 Å². The SMILES string of the molecule is O=C(CSc1nnc(-c2ccccc2F)o1)Nc1cc(Cl)ccc1N1CCCCC1. The minimum atomic E-state index is -0.443. The van der Waals surface area contributed by atoms with E-state index < -0.39 is 5.82 Å². The highest BCUT2D eigenvalue weighted by Crippen LogP contribution is 2.32. The van der Waals surface area contributed by atoms with E-state index in [1.165, 1.54) is 12.5 Å². The van der Waals surface area contributed by atoms with Crippen LogP contribution in [-0.4, -0.2) is 34.9 Å². The molecule has 6 nitrogen and oxygen atoms in total. The van der Waals surface area contributed by atoms with Crippen molar-refractivity contribution in [2.45, 2.75) is 24.5 Å². The molecule has 0 aliphatic carbocycles. The van der Waals surface area contributed by atoms with Crippen LogP contribution in [0, 0.1) is 5.82 Å². The number of carbonyl (C=O) groups is 1. The minimum Gasteiger partial charge on any atom is -0.411 e. The lowest BCUT2D eigenvalue weighted by Crippen LogP contribution is -2.30. The van der Waals surface area contributed by atoms with Crippen molar-refractivity contribution in [3.8, 4) is 11.5 Å². The van der Waals surface area contributed by atoms with Crippen LogP contribution in [0.25, 0.3) is 11.5 Å². The molecule has 0 unspecified atom stereocenters. The summed E-state index contributed by atoms with van der Waals surface area (Å²) in [5.74, 6) is -0.503. The van der Waals surface area contributed by atoms with Crippen LogP contribution in [0.2, 0.25) is 5.02 Å². The van der Waals surface area contributed by atoms with Crippen LogP contribution in [0.4, 0.5) is 15.8 Å². The quantitative estimate of drug-likeness (QED) is 0.521. The first-order chi connectivity index (χ1) is 14.6. The van der Waals surface area contributed by atoms with Crippen molar-refractivity contribution in [3.05, 3.63) is 53.3 Å². The molecule has 0 spiro atoms. The van der Waals surface area contributed by atoms with Gasteiger partial charge in [0, 0.05) is 18.1 Å². The van der Waals surface area contributed by atoms with Crippen molar-refractivity contribution in [2.24, 2.45) is 0 Å². The Kier molecular flexibility index (Phi) is 6.54. The molecule has 0 bridgehead atoms. The summed E-state index contributed by atoms with van der Waals surface area (Å²) in [5.41, 5.74) is 1.89. The van der Waals surface area contributed by atoms with Crippen LogP contribution in [-0.2, 0) is 4.79 Å². The van der Waals surface area contributed by atoms with E-state index in [-0.39, 0.29) is 28.3 Å². The molecule has 1 aliphatic heterocycles. The van der Waals surface area contributed by atoms with Gasteiger partial charge in [0.2, 0.25) is 5.91 Å². The second-order valence-electron chi connectivity index (χ2n) is 6.90. The highest BCUT2D eigenvalue weighted by Gasteiger charge is 2.18. The second-order valence-corrected chi connectivity index (χ2v) is 8.26. The molecule has 2 heterocycles. The molecule has 30 heavy (non-hydrogen) atoms. The summed E-state index contributed by atoms with van der Waals surface area (Å²) in [7, 11) is 0. The van der Waals surface area contributed by atoms with Crippen LogP contribution < -0.4 is 10.2 Å². The molecular weight excluding hydrogens is 427 g/mol. The highest BCUT2D eigenvalue weighted by molar-refractivity contribution is 7.99. The Balaban J connectivity index is 1.40. The summed E-state index contributed by atoms with van der Waals surface area (Å²) >= 11 is 7.24. The highest BCUT2D eigenvalue weighted by atomic mass is 35.5. The average molecular weight is 447 g/mol. The second kappa shape index (κ2) is 9.49. The summed E-state index contributed by atoms with van der Waals surface area (Å²) in [5, 5.41) is 11.4. The van der Waals surface area contributed by atoms with E-state index in [0.29, 0.717) is 10.7 Å². The maximum atomic E-state index is 13.9. The number of rotatable bonds is 6. The number of piperidine rings is 1. The molecule has 1 amide bonds. The van der Waals surface area contributed by atoms with Crippen LogP contribution in [0.1, 0.15) is 19.3 Å². The number of amides is 1. The van der Waals surface area contributed by atoms with Crippen LogP contribution in [0.3, 0.4) is 0 Å². The van der Waals surface area contributed by atoms with Gasteiger partial charge in [0.1, 0.15) is 5.82 Å². The Hall–Kier alpha value is -2.58. The van der Waals surface area contributed by atoms with Crippen molar-refractivity contribution in [2.75, 3.05) is 29.1 Å². The van der Waals surface area contributed by atoms with Gasteiger partial charge in [-0.2, -0.15) is 0 Å². The number of carbonyl (C=O) groups excluding carboxylic acids is 1. The number of thioether (sulfide) groups is 1. The van der Waals surface area contributed by atoms with E-state index in [2.05, 4.69) is 20.4 Å². The third kappa shape index (κ3) is 4.94. The zero-order chi connectivity index (χ0) is 20.9. The van der Waals surface area contributed by atoms with E-state index in [1.807, 2.05) is 12.1 Å². The third-order valence-electron chi connectivity index (χ3n) is 4.77. The smallest absolute Gasteiger partial charge is 0.277 e. The number of nitrogens with one attached hydrogen (secondary N) is 1. The number of anilines is 2. The van der Waals surface area contributed by atoms with E-state index in [0.717, 1.165) is 43.4 Å². The standard InChI is InChI=1S/C21H20ClFN4O2S/c22-14-8-9-18(27-10-4-1-5-11-27)17(12-14)24-19(28)13-30-21-26-25-20(29-21)15-6-2-3-7-16(15)23/h2-3,6-9,12H,1,4-5,10-11,13H2,(H,24,28). The first kappa shape index (κ1) is 20.7. The Labute approximate surface area is 182 Å². The fourth-order valence-corrected chi connectivity index (χ4v) is 4.08. The molecule has 1 aliphatic rings. The third-order valence-corrected chi connectivity index (χ3v) is 5.82. The summed E-state index contributed by atoms with van der Waals surface area (Å²) in [6.45, 7) is 1.92. The van der Waals surface area contributed by atoms with Gasteiger partial charge in [0.25, 0.3) is 11.1 Å². The molecule has 1 saturated heterocycles. The summed E-state index contributed by atoms with van der Waals surface area (Å²) in [4.78, 5) is 14.8. The van der Waals surface area contributed by atoms with Gasteiger partial charge in [-0.05, 0) is 49.6 Å². The molecular formula is C21H20ClFN4O2S. The topological polar surface area (TPSA) is 71.3 Å². The molecule has 1 N–H and O–H groups in total. The lowest BCUT2D eigenvalue weighted by atomic mass is 10.1. The Bertz CT molecular complexity index is 1040. The van der Waals surface area contributed by atoms with E-state index >= 15 is 0 Å². The van der Waals surface area contributed by atoms with Gasteiger partial charge in [-0.1, -0.05) is 35.5 Å². The van der Waals surface area contributed by atoms with Crippen molar-refractivity contribution in [3.63, 3.8) is 0 Å². The lowest BCUT2D eigenvalue weighted by molar-refractivity contribution is -0.113. The van der Waals surface area contributed by atoms with Gasteiger partial charge in [-0.25, -0.2) is 4.39 Å². The molecule has 0 saturated carbocycles. The number of hydrogen-bond acceptors (Lipinski definition) is 6. The molecule has 0 radical (unpaired) electrons. The first-order valence-electron chi connectivity index (χ1n) is 9.66. The maximum absolute atomic E-state index is 13.9.